The molecule has 1 aliphatic rings. The van der Waals surface area contributed by atoms with Gasteiger partial charge in [0, 0.05) is 6.54 Å². The highest BCUT2D eigenvalue weighted by Gasteiger charge is 2.53. The topological polar surface area (TPSA) is 53.7 Å². The van der Waals surface area contributed by atoms with Gasteiger partial charge in [0.05, 0.1) is 18.3 Å². The second-order valence-electron chi connectivity index (χ2n) is 5.29. The standard InChI is InChI=1S/C13H20BNO3/c1-12(2)13(3,9-15)18-14(17-12)10-6-5-7-11(8-10)16-4/h5-8H,9,15H2,1-4H3. The van der Waals surface area contributed by atoms with Gasteiger partial charge in [0.2, 0.25) is 0 Å². The van der Waals surface area contributed by atoms with Crippen LogP contribution in [-0.4, -0.2) is 32.0 Å². The van der Waals surface area contributed by atoms with Crippen LogP contribution in [0.15, 0.2) is 24.3 Å². The van der Waals surface area contributed by atoms with Crippen molar-refractivity contribution in [2.24, 2.45) is 5.73 Å². The summed E-state index contributed by atoms with van der Waals surface area (Å²) in [7, 11) is 1.24. The number of benzene rings is 1. The Labute approximate surface area is 109 Å². The Morgan fingerprint density at radius 2 is 2.00 bits per heavy atom. The first-order chi connectivity index (χ1) is 8.42. The van der Waals surface area contributed by atoms with Crippen molar-refractivity contribution in [2.45, 2.75) is 32.0 Å². The van der Waals surface area contributed by atoms with Crippen molar-refractivity contribution in [3.63, 3.8) is 0 Å². The van der Waals surface area contributed by atoms with Crippen LogP contribution in [0.5, 0.6) is 5.75 Å². The molecular weight excluding hydrogens is 229 g/mol. The second kappa shape index (κ2) is 4.57. The molecule has 0 aliphatic carbocycles. The predicted molar refractivity (Wildman–Crippen MR) is 72.1 cm³/mol. The van der Waals surface area contributed by atoms with Gasteiger partial charge in [-0.15, -0.1) is 0 Å². The molecule has 0 spiro atoms. The molecule has 1 fully saturated rings. The van der Waals surface area contributed by atoms with E-state index in [4.69, 9.17) is 19.8 Å². The Morgan fingerprint density at radius 1 is 1.28 bits per heavy atom. The fourth-order valence-electron chi connectivity index (χ4n) is 2.01. The third-order valence-electron chi connectivity index (χ3n) is 3.80. The maximum Gasteiger partial charge on any atom is 0.495 e. The fourth-order valence-corrected chi connectivity index (χ4v) is 2.01. The van der Waals surface area contributed by atoms with Gasteiger partial charge < -0.3 is 19.8 Å². The third-order valence-corrected chi connectivity index (χ3v) is 3.80. The maximum absolute atomic E-state index is 6.00. The molecule has 0 aromatic heterocycles. The van der Waals surface area contributed by atoms with Crippen LogP contribution in [0, 0.1) is 0 Å². The summed E-state index contributed by atoms with van der Waals surface area (Å²) in [6.45, 7) is 6.40. The molecule has 0 bridgehead atoms. The van der Waals surface area contributed by atoms with Gasteiger partial charge in [0.1, 0.15) is 5.75 Å². The van der Waals surface area contributed by atoms with Gasteiger partial charge in [-0.3, -0.25) is 0 Å². The van der Waals surface area contributed by atoms with E-state index < -0.39 is 18.3 Å². The average molecular weight is 249 g/mol. The summed E-state index contributed by atoms with van der Waals surface area (Å²) in [5, 5.41) is 0. The van der Waals surface area contributed by atoms with E-state index in [1.54, 1.807) is 7.11 Å². The summed E-state index contributed by atoms with van der Waals surface area (Å²) < 4.78 is 17.2. The van der Waals surface area contributed by atoms with Crippen LogP contribution in [0.1, 0.15) is 20.8 Å². The Bertz CT molecular complexity index is 438. The monoisotopic (exact) mass is 249 g/mol. The molecule has 1 heterocycles. The van der Waals surface area contributed by atoms with Crippen LogP contribution in [0.3, 0.4) is 0 Å². The van der Waals surface area contributed by atoms with E-state index in [1.165, 1.54) is 0 Å². The van der Waals surface area contributed by atoms with Crippen molar-refractivity contribution < 1.29 is 14.0 Å². The van der Waals surface area contributed by atoms with Crippen molar-refractivity contribution in [3.05, 3.63) is 24.3 Å². The van der Waals surface area contributed by atoms with Gasteiger partial charge >= 0.3 is 7.12 Å². The number of nitrogens with two attached hydrogens (primary N) is 1. The highest BCUT2D eigenvalue weighted by atomic mass is 16.7. The van der Waals surface area contributed by atoms with Crippen molar-refractivity contribution in [1.82, 2.24) is 0 Å². The normalized spacial score (nSPS) is 26.4. The molecular formula is C13H20BNO3. The Kier molecular flexibility index (Phi) is 3.40. The molecule has 1 saturated heterocycles. The highest BCUT2D eigenvalue weighted by Crippen LogP contribution is 2.36. The average Bonchev–Trinajstić information content (AvgIpc) is 2.61. The Hall–Kier alpha value is -1.04. The molecule has 2 rings (SSSR count). The minimum atomic E-state index is -0.485. The molecule has 1 aromatic carbocycles. The minimum absolute atomic E-state index is 0.399. The summed E-state index contributed by atoms with van der Waals surface area (Å²) in [5.74, 6) is 0.791. The summed E-state index contributed by atoms with van der Waals surface area (Å²) >= 11 is 0. The number of ether oxygens (including phenoxy) is 1. The van der Waals surface area contributed by atoms with E-state index in [-0.39, 0.29) is 0 Å². The largest absolute Gasteiger partial charge is 0.497 e. The van der Waals surface area contributed by atoms with E-state index in [0.717, 1.165) is 11.2 Å². The van der Waals surface area contributed by atoms with Gasteiger partial charge in [0.15, 0.2) is 0 Å². The highest BCUT2D eigenvalue weighted by molar-refractivity contribution is 6.62. The molecule has 0 radical (unpaired) electrons. The van der Waals surface area contributed by atoms with Gasteiger partial charge in [0.25, 0.3) is 0 Å². The van der Waals surface area contributed by atoms with E-state index in [1.807, 2.05) is 45.0 Å². The smallest absolute Gasteiger partial charge is 0.495 e. The van der Waals surface area contributed by atoms with Gasteiger partial charge in [-0.2, -0.15) is 0 Å². The van der Waals surface area contributed by atoms with Crippen LogP contribution in [0.4, 0.5) is 0 Å². The molecule has 1 aromatic rings. The van der Waals surface area contributed by atoms with E-state index in [0.29, 0.717) is 6.54 Å². The van der Waals surface area contributed by atoms with Gasteiger partial charge in [-0.1, -0.05) is 12.1 Å². The SMILES string of the molecule is COc1cccc(B2OC(C)(C)C(C)(CN)O2)c1. The third kappa shape index (κ3) is 2.14. The lowest BCUT2D eigenvalue weighted by Crippen LogP contribution is -2.50. The summed E-state index contributed by atoms with van der Waals surface area (Å²) in [4.78, 5) is 0. The van der Waals surface area contributed by atoms with Crippen molar-refractivity contribution in [1.29, 1.82) is 0 Å². The lowest BCUT2D eigenvalue weighted by atomic mass is 9.79. The van der Waals surface area contributed by atoms with Crippen molar-refractivity contribution in [2.75, 3.05) is 13.7 Å². The number of rotatable bonds is 3. The minimum Gasteiger partial charge on any atom is -0.497 e. The summed E-state index contributed by atoms with van der Waals surface area (Å²) in [6.07, 6.45) is 0. The zero-order valence-electron chi connectivity index (χ0n) is 11.4. The molecule has 18 heavy (non-hydrogen) atoms. The molecule has 4 nitrogen and oxygen atoms in total. The first-order valence-electron chi connectivity index (χ1n) is 6.11. The first-order valence-corrected chi connectivity index (χ1v) is 6.11. The fraction of sp³-hybridized carbons (Fsp3) is 0.538. The number of methoxy groups -OCH3 is 1. The Morgan fingerprint density at radius 3 is 2.56 bits per heavy atom. The van der Waals surface area contributed by atoms with E-state index in [2.05, 4.69) is 0 Å². The maximum atomic E-state index is 6.00. The van der Waals surface area contributed by atoms with Crippen molar-refractivity contribution in [3.8, 4) is 5.75 Å². The molecule has 0 saturated carbocycles. The summed E-state index contributed by atoms with van der Waals surface area (Å²) in [6, 6.07) is 7.70. The van der Waals surface area contributed by atoms with Crippen molar-refractivity contribution >= 4 is 12.6 Å². The second-order valence-corrected chi connectivity index (χ2v) is 5.29. The van der Waals surface area contributed by atoms with Crippen LogP contribution in [0.25, 0.3) is 0 Å². The molecule has 1 unspecified atom stereocenters. The van der Waals surface area contributed by atoms with Gasteiger partial charge in [-0.25, -0.2) is 0 Å². The lowest BCUT2D eigenvalue weighted by Gasteiger charge is -2.35. The molecule has 0 amide bonds. The predicted octanol–water partition coefficient (Wildman–Crippen LogP) is 0.933. The summed E-state index contributed by atoms with van der Waals surface area (Å²) in [5.41, 5.74) is 5.85. The number of hydrogen-bond acceptors (Lipinski definition) is 4. The Balaban J connectivity index is 2.26. The van der Waals surface area contributed by atoms with Crippen LogP contribution in [0.2, 0.25) is 0 Å². The van der Waals surface area contributed by atoms with Gasteiger partial charge in [-0.05, 0) is 38.4 Å². The molecule has 5 heteroatoms. The molecule has 98 valence electrons. The zero-order chi connectivity index (χ0) is 13.4. The molecule has 1 atom stereocenters. The quantitative estimate of drug-likeness (QED) is 0.810. The molecule has 2 N–H and O–H groups in total. The van der Waals surface area contributed by atoms with Crippen LogP contribution < -0.4 is 15.9 Å². The zero-order valence-corrected chi connectivity index (χ0v) is 11.4. The van der Waals surface area contributed by atoms with E-state index >= 15 is 0 Å². The molecule has 1 aliphatic heterocycles. The number of hydrogen-bond donors (Lipinski definition) is 1. The lowest BCUT2D eigenvalue weighted by molar-refractivity contribution is -0.00187. The van der Waals surface area contributed by atoms with Crippen LogP contribution in [-0.2, 0) is 9.31 Å². The first kappa shape index (κ1) is 13.4. The van der Waals surface area contributed by atoms with E-state index in [9.17, 15) is 0 Å². The van der Waals surface area contributed by atoms with Crippen LogP contribution >= 0.6 is 0 Å².